The van der Waals surface area contributed by atoms with Crippen molar-refractivity contribution in [3.05, 3.63) is 34.7 Å². The minimum absolute atomic E-state index is 0.0713. The number of rotatable bonds is 7. The Bertz CT molecular complexity index is 340. The van der Waals surface area contributed by atoms with Crippen LogP contribution >= 0.6 is 0 Å². The Morgan fingerprint density at radius 3 is 2.47 bits per heavy atom. The van der Waals surface area contributed by atoms with Crippen molar-refractivity contribution in [3.8, 4) is 5.75 Å². The molecular weight excluding hydrogens is 226 g/mol. The van der Waals surface area contributed by atoms with Crippen LogP contribution in [0.4, 0.5) is 0 Å². The summed E-state index contributed by atoms with van der Waals surface area (Å²) in [5, 5.41) is 21.4. The number of aliphatic hydroxyl groups excluding tert-OH is 2. The number of nitrogens with zero attached hydrogens (tertiary/aromatic N) is 1. The highest BCUT2D eigenvalue weighted by Crippen LogP contribution is 2.21. The standard InChI is InChI=1S/C11H15NO5/c1-16-10-4-2-8(3-5-10)11(14)6-9(13)7-17-12-15/h2-5,9,11,13-14H,6-7H2,1H3. The molecule has 2 atom stereocenters. The molecule has 2 unspecified atom stereocenters. The predicted molar refractivity (Wildman–Crippen MR) is 60.3 cm³/mol. The maximum absolute atomic E-state index is 9.79. The van der Waals surface area contributed by atoms with Gasteiger partial charge in [-0.05, 0) is 17.7 Å². The van der Waals surface area contributed by atoms with Gasteiger partial charge in [0.15, 0.2) is 5.34 Å². The molecule has 0 radical (unpaired) electrons. The van der Waals surface area contributed by atoms with Crippen molar-refractivity contribution >= 4 is 0 Å². The molecule has 6 heteroatoms. The molecule has 1 aromatic carbocycles. The molecular formula is C11H15NO5. The Labute approximate surface area is 98.7 Å². The van der Waals surface area contributed by atoms with Crippen molar-refractivity contribution in [2.75, 3.05) is 13.7 Å². The summed E-state index contributed by atoms with van der Waals surface area (Å²) >= 11 is 0. The quantitative estimate of drug-likeness (QED) is 0.552. The molecule has 0 aromatic heterocycles. The number of aliphatic hydroxyl groups is 2. The van der Waals surface area contributed by atoms with Crippen LogP contribution in [0.5, 0.6) is 5.75 Å². The van der Waals surface area contributed by atoms with Crippen molar-refractivity contribution in [3.63, 3.8) is 0 Å². The first kappa shape index (κ1) is 13.4. The van der Waals surface area contributed by atoms with Gasteiger partial charge in [0.2, 0.25) is 0 Å². The number of methoxy groups -OCH3 is 1. The molecule has 0 heterocycles. The lowest BCUT2D eigenvalue weighted by molar-refractivity contribution is 0.00692. The second-order valence-electron chi connectivity index (χ2n) is 3.55. The number of hydrogen-bond donors (Lipinski definition) is 2. The summed E-state index contributed by atoms with van der Waals surface area (Å²) in [6.45, 7) is -0.225. The van der Waals surface area contributed by atoms with Gasteiger partial charge in [-0.1, -0.05) is 12.1 Å². The van der Waals surface area contributed by atoms with E-state index < -0.39 is 12.2 Å². The van der Waals surface area contributed by atoms with Crippen LogP contribution in [0.15, 0.2) is 29.6 Å². The first-order valence-electron chi connectivity index (χ1n) is 5.12. The van der Waals surface area contributed by atoms with Gasteiger partial charge in [0.05, 0.1) is 19.3 Å². The summed E-state index contributed by atoms with van der Waals surface area (Å²) in [5.74, 6) is 0.690. The lowest BCUT2D eigenvalue weighted by Gasteiger charge is -2.14. The largest absolute Gasteiger partial charge is 0.497 e. The Morgan fingerprint density at radius 1 is 1.29 bits per heavy atom. The molecule has 0 aliphatic carbocycles. The van der Waals surface area contributed by atoms with Gasteiger partial charge in [-0.2, -0.15) is 0 Å². The summed E-state index contributed by atoms with van der Waals surface area (Å²) in [6, 6.07) is 6.84. The van der Waals surface area contributed by atoms with Crippen molar-refractivity contribution in [1.29, 1.82) is 0 Å². The van der Waals surface area contributed by atoms with Gasteiger partial charge < -0.3 is 19.8 Å². The zero-order valence-electron chi connectivity index (χ0n) is 9.44. The molecule has 0 aliphatic rings. The summed E-state index contributed by atoms with van der Waals surface area (Å²) in [4.78, 5) is 13.8. The number of hydrogen-bond acceptors (Lipinski definition) is 6. The third kappa shape index (κ3) is 4.38. The molecule has 1 rings (SSSR count). The highest BCUT2D eigenvalue weighted by Gasteiger charge is 2.14. The summed E-state index contributed by atoms with van der Waals surface area (Å²) in [5.41, 5.74) is 0.656. The third-order valence-electron chi connectivity index (χ3n) is 2.32. The van der Waals surface area contributed by atoms with Gasteiger partial charge in [-0.25, -0.2) is 0 Å². The zero-order valence-corrected chi connectivity index (χ0v) is 9.44. The molecule has 0 saturated carbocycles. The fourth-order valence-electron chi connectivity index (χ4n) is 1.40. The smallest absolute Gasteiger partial charge is 0.155 e. The summed E-state index contributed by atoms with van der Waals surface area (Å²) in [7, 11) is 1.55. The Kier molecular flexibility index (Phi) is 5.38. The Morgan fingerprint density at radius 2 is 1.94 bits per heavy atom. The van der Waals surface area contributed by atoms with E-state index in [-0.39, 0.29) is 13.0 Å². The van der Waals surface area contributed by atoms with Crippen LogP contribution in [0.25, 0.3) is 0 Å². The van der Waals surface area contributed by atoms with Gasteiger partial charge in [0.1, 0.15) is 12.4 Å². The second kappa shape index (κ2) is 6.82. The third-order valence-corrected chi connectivity index (χ3v) is 2.32. The molecule has 0 fully saturated rings. The van der Waals surface area contributed by atoms with Crippen LogP contribution in [-0.4, -0.2) is 30.0 Å². The minimum atomic E-state index is -0.940. The zero-order chi connectivity index (χ0) is 12.7. The molecule has 94 valence electrons. The number of benzene rings is 1. The predicted octanol–water partition coefficient (Wildman–Crippen LogP) is 1.18. The van der Waals surface area contributed by atoms with E-state index in [1.807, 2.05) is 0 Å². The Balaban J connectivity index is 2.50. The van der Waals surface area contributed by atoms with Crippen molar-refractivity contribution < 1.29 is 19.8 Å². The first-order valence-corrected chi connectivity index (χ1v) is 5.12. The lowest BCUT2D eigenvalue weighted by Crippen LogP contribution is -2.17. The van der Waals surface area contributed by atoms with Crippen LogP contribution in [0.3, 0.4) is 0 Å². The van der Waals surface area contributed by atoms with E-state index in [1.165, 1.54) is 0 Å². The normalized spacial score (nSPS) is 13.8. The molecule has 0 saturated heterocycles. The molecule has 0 bridgehead atoms. The van der Waals surface area contributed by atoms with E-state index in [4.69, 9.17) is 4.74 Å². The average Bonchev–Trinajstić information content (AvgIpc) is 2.36. The lowest BCUT2D eigenvalue weighted by atomic mass is 10.0. The van der Waals surface area contributed by atoms with Crippen molar-refractivity contribution in [1.82, 2.24) is 0 Å². The fraction of sp³-hybridized carbons (Fsp3) is 0.455. The van der Waals surface area contributed by atoms with E-state index in [0.717, 1.165) is 0 Å². The van der Waals surface area contributed by atoms with Gasteiger partial charge in [-0.15, -0.1) is 4.91 Å². The molecule has 17 heavy (non-hydrogen) atoms. The van der Waals surface area contributed by atoms with Crippen LogP contribution in [0.1, 0.15) is 18.1 Å². The van der Waals surface area contributed by atoms with Gasteiger partial charge in [0, 0.05) is 6.42 Å². The summed E-state index contributed by atoms with van der Waals surface area (Å²) in [6.07, 6.45) is -1.70. The maximum Gasteiger partial charge on any atom is 0.155 e. The van der Waals surface area contributed by atoms with Crippen LogP contribution in [-0.2, 0) is 4.84 Å². The Hall–Kier alpha value is -1.66. The van der Waals surface area contributed by atoms with Crippen molar-refractivity contribution in [2.45, 2.75) is 18.6 Å². The van der Waals surface area contributed by atoms with E-state index in [0.29, 0.717) is 11.3 Å². The van der Waals surface area contributed by atoms with Gasteiger partial charge in [0.25, 0.3) is 0 Å². The second-order valence-corrected chi connectivity index (χ2v) is 3.55. The van der Waals surface area contributed by atoms with E-state index in [2.05, 4.69) is 10.2 Å². The van der Waals surface area contributed by atoms with E-state index >= 15 is 0 Å². The van der Waals surface area contributed by atoms with E-state index in [9.17, 15) is 15.1 Å². The molecule has 6 nitrogen and oxygen atoms in total. The highest BCUT2D eigenvalue weighted by molar-refractivity contribution is 5.28. The molecule has 0 aliphatic heterocycles. The minimum Gasteiger partial charge on any atom is -0.497 e. The van der Waals surface area contributed by atoms with Crippen LogP contribution < -0.4 is 4.74 Å². The SMILES string of the molecule is COc1ccc(C(O)CC(O)CON=O)cc1. The average molecular weight is 241 g/mol. The van der Waals surface area contributed by atoms with E-state index in [1.54, 1.807) is 31.4 Å². The molecule has 2 N–H and O–H groups in total. The molecule has 1 aromatic rings. The maximum atomic E-state index is 9.79. The fourth-order valence-corrected chi connectivity index (χ4v) is 1.40. The highest BCUT2D eigenvalue weighted by atomic mass is 16.7. The first-order chi connectivity index (χ1) is 8.17. The molecule has 0 spiro atoms. The number of ether oxygens (including phenoxy) is 1. The van der Waals surface area contributed by atoms with Gasteiger partial charge in [-0.3, -0.25) is 0 Å². The summed E-state index contributed by atoms with van der Waals surface area (Å²) < 4.78 is 4.98. The van der Waals surface area contributed by atoms with Gasteiger partial charge >= 0.3 is 0 Å². The van der Waals surface area contributed by atoms with Crippen molar-refractivity contribution in [2.24, 2.45) is 5.34 Å². The topological polar surface area (TPSA) is 88.3 Å². The molecule has 0 amide bonds. The van der Waals surface area contributed by atoms with Crippen LogP contribution in [0, 0.1) is 4.91 Å². The monoisotopic (exact) mass is 241 g/mol. The van der Waals surface area contributed by atoms with Crippen LogP contribution in [0.2, 0.25) is 0 Å².